The van der Waals surface area contributed by atoms with Gasteiger partial charge in [0.05, 0.1) is 17.1 Å². The molecule has 1 fully saturated rings. The molecule has 0 N–H and O–H groups in total. The second-order valence-corrected chi connectivity index (χ2v) is 5.35. The van der Waals surface area contributed by atoms with Gasteiger partial charge in [-0.3, -0.25) is 0 Å². The molecule has 96 valence electrons. The predicted octanol–water partition coefficient (Wildman–Crippen LogP) is 3.34. The van der Waals surface area contributed by atoms with Crippen LogP contribution in [0.5, 0.6) is 0 Å². The number of aromatic nitrogens is 1. The first-order valence-corrected chi connectivity index (χ1v) is 6.83. The highest BCUT2D eigenvalue weighted by molar-refractivity contribution is 5.86. The molecule has 3 rings (SSSR count). The summed E-state index contributed by atoms with van der Waals surface area (Å²) in [6.07, 6.45) is 2.49. The largest absolute Gasteiger partial charge is 0.356 e. The molecular weight excluding hydrogens is 234 g/mol. The molecule has 2 aromatic rings. The Labute approximate surface area is 113 Å². The Hall–Kier alpha value is -2.08. The molecule has 2 heterocycles. The third kappa shape index (κ3) is 2.26. The topological polar surface area (TPSA) is 39.9 Å². The number of para-hydroxylation sites is 1. The van der Waals surface area contributed by atoms with E-state index in [0.29, 0.717) is 5.92 Å². The second-order valence-electron chi connectivity index (χ2n) is 5.35. The fraction of sp³-hybridized carbons (Fsp3) is 0.375. The summed E-state index contributed by atoms with van der Waals surface area (Å²) in [5.74, 6) is 1.65. The zero-order chi connectivity index (χ0) is 13.2. The number of anilines is 1. The van der Waals surface area contributed by atoms with Gasteiger partial charge >= 0.3 is 0 Å². The van der Waals surface area contributed by atoms with Crippen LogP contribution in [0.1, 0.15) is 25.3 Å². The highest BCUT2D eigenvalue weighted by atomic mass is 15.2. The van der Waals surface area contributed by atoms with Crippen LogP contribution < -0.4 is 4.90 Å². The fourth-order valence-corrected chi connectivity index (χ4v) is 2.81. The molecule has 1 aliphatic heterocycles. The molecule has 0 bridgehead atoms. The normalized spacial score (nSPS) is 19.4. The number of hydrogen-bond acceptors (Lipinski definition) is 3. The van der Waals surface area contributed by atoms with Crippen LogP contribution in [0.15, 0.2) is 30.3 Å². The molecule has 1 saturated heterocycles. The highest BCUT2D eigenvalue weighted by Crippen LogP contribution is 2.26. The van der Waals surface area contributed by atoms with Gasteiger partial charge in [0.1, 0.15) is 5.82 Å². The van der Waals surface area contributed by atoms with Crippen LogP contribution >= 0.6 is 0 Å². The number of piperidine rings is 1. The standard InChI is InChI=1S/C16H17N3/c1-12-5-4-8-19(11-12)16-9-13(10-17)14-6-2-3-7-15(14)18-16/h2-3,6-7,9,12H,4-5,8,11H2,1H3. The van der Waals surface area contributed by atoms with Gasteiger partial charge < -0.3 is 4.90 Å². The van der Waals surface area contributed by atoms with E-state index in [0.717, 1.165) is 35.4 Å². The third-order valence-corrected chi connectivity index (χ3v) is 3.80. The van der Waals surface area contributed by atoms with Crippen LogP contribution in [-0.2, 0) is 0 Å². The molecule has 1 aliphatic rings. The number of nitrogens with zero attached hydrogens (tertiary/aromatic N) is 3. The van der Waals surface area contributed by atoms with Crippen LogP contribution in [0.25, 0.3) is 10.9 Å². The number of pyridine rings is 1. The van der Waals surface area contributed by atoms with Gasteiger partial charge in [0, 0.05) is 18.5 Å². The van der Waals surface area contributed by atoms with E-state index in [2.05, 4.69) is 17.9 Å². The van der Waals surface area contributed by atoms with Crippen LogP contribution in [0, 0.1) is 17.2 Å². The van der Waals surface area contributed by atoms with Crippen molar-refractivity contribution >= 4 is 16.7 Å². The molecule has 3 nitrogen and oxygen atoms in total. The van der Waals surface area contributed by atoms with Crippen LogP contribution in [0.3, 0.4) is 0 Å². The van der Waals surface area contributed by atoms with Crippen LogP contribution in [0.2, 0.25) is 0 Å². The van der Waals surface area contributed by atoms with Gasteiger partial charge in [0.2, 0.25) is 0 Å². The lowest BCUT2D eigenvalue weighted by Crippen LogP contribution is -2.34. The van der Waals surface area contributed by atoms with Crippen LogP contribution in [-0.4, -0.2) is 18.1 Å². The van der Waals surface area contributed by atoms with E-state index in [4.69, 9.17) is 4.98 Å². The Balaban J connectivity index is 2.07. The molecule has 0 saturated carbocycles. The maximum atomic E-state index is 9.31. The Bertz CT molecular complexity index is 642. The molecule has 1 unspecified atom stereocenters. The summed E-state index contributed by atoms with van der Waals surface area (Å²) >= 11 is 0. The van der Waals surface area contributed by atoms with E-state index in [9.17, 15) is 5.26 Å². The minimum atomic E-state index is 0.701. The first-order chi connectivity index (χ1) is 9.28. The molecule has 1 atom stereocenters. The van der Waals surface area contributed by atoms with Gasteiger partial charge in [-0.1, -0.05) is 25.1 Å². The molecule has 0 spiro atoms. The smallest absolute Gasteiger partial charge is 0.130 e. The molecule has 0 radical (unpaired) electrons. The van der Waals surface area contributed by atoms with Gasteiger partial charge in [-0.15, -0.1) is 0 Å². The summed E-state index contributed by atoms with van der Waals surface area (Å²) < 4.78 is 0. The van der Waals surface area contributed by atoms with E-state index in [1.54, 1.807) is 0 Å². The number of fused-ring (bicyclic) bond motifs is 1. The van der Waals surface area contributed by atoms with Crippen LogP contribution in [0.4, 0.5) is 5.82 Å². The quantitative estimate of drug-likeness (QED) is 0.780. The number of benzene rings is 1. The van der Waals surface area contributed by atoms with Crippen molar-refractivity contribution < 1.29 is 0 Å². The lowest BCUT2D eigenvalue weighted by Gasteiger charge is -2.32. The van der Waals surface area contributed by atoms with Crippen molar-refractivity contribution in [2.24, 2.45) is 5.92 Å². The van der Waals surface area contributed by atoms with Gasteiger partial charge in [-0.2, -0.15) is 5.26 Å². The molecule has 1 aromatic heterocycles. The molecule has 19 heavy (non-hydrogen) atoms. The minimum Gasteiger partial charge on any atom is -0.356 e. The first kappa shape index (κ1) is 12.0. The SMILES string of the molecule is CC1CCCN(c2cc(C#N)c3ccccc3n2)C1. The van der Waals surface area contributed by atoms with Crippen molar-refractivity contribution in [2.75, 3.05) is 18.0 Å². The zero-order valence-electron chi connectivity index (χ0n) is 11.1. The molecule has 0 amide bonds. The zero-order valence-corrected chi connectivity index (χ0v) is 11.1. The van der Waals surface area contributed by atoms with E-state index >= 15 is 0 Å². The van der Waals surface area contributed by atoms with E-state index in [1.165, 1.54) is 12.8 Å². The Morgan fingerprint density at radius 1 is 1.37 bits per heavy atom. The second kappa shape index (κ2) is 4.89. The van der Waals surface area contributed by atoms with Gasteiger partial charge in [0.15, 0.2) is 0 Å². The van der Waals surface area contributed by atoms with Crippen molar-refractivity contribution in [2.45, 2.75) is 19.8 Å². The summed E-state index contributed by atoms with van der Waals surface area (Å²) in [5, 5.41) is 10.3. The average Bonchev–Trinajstić information content (AvgIpc) is 2.46. The van der Waals surface area contributed by atoms with Crippen molar-refractivity contribution in [3.8, 4) is 6.07 Å². The summed E-state index contributed by atoms with van der Waals surface area (Å²) in [6.45, 7) is 4.36. The van der Waals surface area contributed by atoms with Crippen molar-refractivity contribution in [1.29, 1.82) is 5.26 Å². The lowest BCUT2D eigenvalue weighted by molar-refractivity contribution is 0.445. The molecule has 0 aliphatic carbocycles. The summed E-state index contributed by atoms with van der Waals surface area (Å²) in [7, 11) is 0. The van der Waals surface area contributed by atoms with E-state index < -0.39 is 0 Å². The predicted molar refractivity (Wildman–Crippen MR) is 77.1 cm³/mol. The number of rotatable bonds is 1. The van der Waals surface area contributed by atoms with Crippen molar-refractivity contribution in [3.63, 3.8) is 0 Å². The summed E-state index contributed by atoms with van der Waals surface area (Å²) in [4.78, 5) is 7.02. The first-order valence-electron chi connectivity index (χ1n) is 6.83. The van der Waals surface area contributed by atoms with Gasteiger partial charge in [0.25, 0.3) is 0 Å². The number of nitriles is 1. The Morgan fingerprint density at radius 2 is 2.21 bits per heavy atom. The minimum absolute atomic E-state index is 0.701. The van der Waals surface area contributed by atoms with Crippen molar-refractivity contribution in [3.05, 3.63) is 35.9 Å². The Kier molecular flexibility index (Phi) is 3.08. The van der Waals surface area contributed by atoms with E-state index in [-0.39, 0.29) is 0 Å². The molecule has 1 aromatic carbocycles. The van der Waals surface area contributed by atoms with Crippen molar-refractivity contribution in [1.82, 2.24) is 4.98 Å². The van der Waals surface area contributed by atoms with Gasteiger partial charge in [-0.05, 0) is 30.9 Å². The maximum absolute atomic E-state index is 9.31. The fourth-order valence-electron chi connectivity index (χ4n) is 2.81. The average molecular weight is 251 g/mol. The monoisotopic (exact) mass is 251 g/mol. The van der Waals surface area contributed by atoms with Gasteiger partial charge in [-0.25, -0.2) is 4.98 Å². The summed E-state index contributed by atoms with van der Waals surface area (Å²) in [6, 6.07) is 12.1. The summed E-state index contributed by atoms with van der Waals surface area (Å²) in [5.41, 5.74) is 1.63. The van der Waals surface area contributed by atoms with E-state index in [1.807, 2.05) is 30.3 Å². The third-order valence-electron chi connectivity index (χ3n) is 3.80. The molecular formula is C16H17N3. The lowest BCUT2D eigenvalue weighted by atomic mass is 10.00. The Morgan fingerprint density at radius 3 is 3.00 bits per heavy atom. The highest BCUT2D eigenvalue weighted by Gasteiger charge is 2.18. The maximum Gasteiger partial charge on any atom is 0.130 e. The number of hydrogen-bond donors (Lipinski definition) is 0. The molecule has 3 heteroatoms.